The minimum atomic E-state index is -0.234. The topological polar surface area (TPSA) is 24.9 Å². The molecule has 0 aliphatic carbocycles. The average molecular weight is 290 g/mol. The molecule has 3 aromatic rings. The van der Waals surface area contributed by atoms with E-state index in [2.05, 4.69) is 21.7 Å². The van der Waals surface area contributed by atoms with Gasteiger partial charge in [0.05, 0.1) is 12.2 Å². The maximum atomic E-state index is 13.0. The number of benzene rings is 1. The van der Waals surface area contributed by atoms with Gasteiger partial charge in [-0.3, -0.25) is 0 Å². The normalized spacial score (nSPS) is 10.6. The molecule has 0 aliphatic heterocycles. The van der Waals surface area contributed by atoms with E-state index in [1.54, 1.807) is 28.7 Å². The van der Waals surface area contributed by atoms with Gasteiger partial charge in [0.15, 0.2) is 0 Å². The summed E-state index contributed by atoms with van der Waals surface area (Å²) in [6.45, 7) is 0.601. The van der Waals surface area contributed by atoms with E-state index in [4.69, 9.17) is 0 Å². The van der Waals surface area contributed by atoms with Gasteiger partial charge in [0.1, 0.15) is 10.8 Å². The quantitative estimate of drug-likeness (QED) is 0.758. The van der Waals surface area contributed by atoms with Crippen LogP contribution in [0.3, 0.4) is 0 Å². The second-order valence-electron chi connectivity index (χ2n) is 4.02. The van der Waals surface area contributed by atoms with Gasteiger partial charge < -0.3 is 5.32 Å². The Morgan fingerprint density at radius 1 is 1.21 bits per heavy atom. The van der Waals surface area contributed by atoms with E-state index >= 15 is 0 Å². The number of aromatic nitrogens is 1. The molecule has 0 atom stereocenters. The maximum absolute atomic E-state index is 13.0. The van der Waals surface area contributed by atoms with E-state index in [9.17, 15) is 4.39 Å². The Labute approximate surface area is 118 Å². The van der Waals surface area contributed by atoms with E-state index < -0.39 is 0 Å². The first-order valence-corrected chi connectivity index (χ1v) is 7.60. The summed E-state index contributed by atoms with van der Waals surface area (Å²) in [5.74, 6) is -0.234. The van der Waals surface area contributed by atoms with Gasteiger partial charge in [-0.1, -0.05) is 6.07 Å². The Hall–Kier alpha value is -1.72. The van der Waals surface area contributed by atoms with Gasteiger partial charge in [-0.25, -0.2) is 9.37 Å². The van der Waals surface area contributed by atoms with Gasteiger partial charge in [0, 0.05) is 22.0 Å². The number of thiazole rings is 1. The molecule has 0 amide bonds. The van der Waals surface area contributed by atoms with Crippen LogP contribution in [0.25, 0.3) is 10.6 Å². The number of nitrogens with one attached hydrogen (secondary N) is 1. The predicted molar refractivity (Wildman–Crippen MR) is 79.2 cm³/mol. The van der Waals surface area contributed by atoms with E-state index in [1.807, 2.05) is 16.8 Å². The predicted octanol–water partition coefficient (Wildman–Crippen LogP) is 4.62. The van der Waals surface area contributed by atoms with Crippen LogP contribution >= 0.6 is 22.7 Å². The first-order valence-electron chi connectivity index (χ1n) is 5.78. The zero-order valence-corrected chi connectivity index (χ0v) is 11.6. The maximum Gasteiger partial charge on any atom is 0.125 e. The lowest BCUT2D eigenvalue weighted by Crippen LogP contribution is -1.99. The number of halogens is 1. The van der Waals surface area contributed by atoms with Crippen molar-refractivity contribution in [2.45, 2.75) is 6.54 Å². The fourth-order valence-corrected chi connectivity index (χ4v) is 3.23. The lowest BCUT2D eigenvalue weighted by molar-refractivity contribution is 0.628. The number of anilines is 1. The minimum absolute atomic E-state index is 0.234. The van der Waals surface area contributed by atoms with Crippen molar-refractivity contribution in [1.82, 2.24) is 4.98 Å². The molecule has 0 bridgehead atoms. The van der Waals surface area contributed by atoms with Crippen LogP contribution in [0.15, 0.2) is 46.5 Å². The molecule has 5 heteroatoms. The smallest absolute Gasteiger partial charge is 0.125 e. The van der Waals surface area contributed by atoms with Crippen LogP contribution in [0.5, 0.6) is 0 Å². The van der Waals surface area contributed by atoms with E-state index in [0.29, 0.717) is 6.54 Å². The molecule has 2 nitrogen and oxygen atoms in total. The Morgan fingerprint density at radius 2 is 2.16 bits per heavy atom. The molecular weight excluding hydrogens is 279 g/mol. The van der Waals surface area contributed by atoms with Gasteiger partial charge in [-0.05, 0) is 29.6 Å². The van der Waals surface area contributed by atoms with Crippen LogP contribution < -0.4 is 5.32 Å². The highest BCUT2D eigenvalue weighted by atomic mass is 32.1. The van der Waals surface area contributed by atoms with Crippen LogP contribution in [0.4, 0.5) is 10.1 Å². The highest BCUT2D eigenvalue weighted by Crippen LogP contribution is 2.25. The van der Waals surface area contributed by atoms with Crippen LogP contribution in [0.1, 0.15) is 5.69 Å². The van der Waals surface area contributed by atoms with Crippen LogP contribution in [-0.4, -0.2) is 4.98 Å². The molecule has 96 valence electrons. The van der Waals surface area contributed by atoms with E-state index in [0.717, 1.165) is 22.0 Å². The second kappa shape index (κ2) is 5.50. The molecule has 0 fully saturated rings. The average Bonchev–Trinajstić information content (AvgIpc) is 3.07. The summed E-state index contributed by atoms with van der Waals surface area (Å²) >= 11 is 3.29. The van der Waals surface area contributed by atoms with Crippen LogP contribution in [0, 0.1) is 5.82 Å². The molecule has 0 aliphatic rings. The lowest BCUT2D eigenvalue weighted by Gasteiger charge is -2.03. The van der Waals surface area contributed by atoms with Crippen LogP contribution in [0.2, 0.25) is 0 Å². The highest BCUT2D eigenvalue weighted by Gasteiger charge is 2.05. The van der Waals surface area contributed by atoms with Crippen molar-refractivity contribution < 1.29 is 4.39 Å². The van der Waals surface area contributed by atoms with Crippen LogP contribution in [-0.2, 0) is 6.54 Å². The molecule has 0 radical (unpaired) electrons. The van der Waals surface area contributed by atoms with Crippen molar-refractivity contribution in [1.29, 1.82) is 0 Å². The van der Waals surface area contributed by atoms with Crippen molar-refractivity contribution >= 4 is 28.4 Å². The third-order valence-corrected chi connectivity index (χ3v) is 4.24. The zero-order valence-electron chi connectivity index (χ0n) is 9.97. The monoisotopic (exact) mass is 290 g/mol. The van der Waals surface area contributed by atoms with E-state index in [-0.39, 0.29) is 5.82 Å². The summed E-state index contributed by atoms with van der Waals surface area (Å²) in [5, 5.41) is 10.3. The largest absolute Gasteiger partial charge is 0.379 e. The molecule has 0 saturated carbocycles. The summed E-state index contributed by atoms with van der Waals surface area (Å²) in [6, 6.07) is 8.51. The fourth-order valence-electron chi connectivity index (χ4n) is 1.70. The molecule has 2 heterocycles. The number of hydrogen-bond donors (Lipinski definition) is 1. The Morgan fingerprint density at radius 3 is 2.95 bits per heavy atom. The molecule has 3 rings (SSSR count). The van der Waals surface area contributed by atoms with Crippen molar-refractivity contribution in [3.63, 3.8) is 0 Å². The summed E-state index contributed by atoms with van der Waals surface area (Å²) in [5.41, 5.74) is 2.90. The van der Waals surface area contributed by atoms with Gasteiger partial charge in [0.25, 0.3) is 0 Å². The Balaban J connectivity index is 1.68. The lowest BCUT2D eigenvalue weighted by atomic mass is 10.3. The fraction of sp³-hybridized carbons (Fsp3) is 0.0714. The SMILES string of the molecule is Fc1cccc(NCc2csc(-c3ccsc3)n2)c1. The first-order chi connectivity index (χ1) is 9.31. The summed E-state index contributed by atoms with van der Waals surface area (Å²) < 4.78 is 13.0. The third-order valence-electron chi connectivity index (χ3n) is 2.62. The number of thiophene rings is 1. The Kier molecular flexibility index (Phi) is 3.57. The minimum Gasteiger partial charge on any atom is -0.379 e. The Bertz CT molecular complexity index is 662. The summed E-state index contributed by atoms with van der Waals surface area (Å²) in [4.78, 5) is 4.56. The molecule has 1 aromatic carbocycles. The van der Waals surface area contributed by atoms with Crippen molar-refractivity contribution in [3.8, 4) is 10.6 Å². The van der Waals surface area contributed by atoms with Gasteiger partial charge >= 0.3 is 0 Å². The second-order valence-corrected chi connectivity index (χ2v) is 5.66. The summed E-state index contributed by atoms with van der Waals surface area (Å²) in [7, 11) is 0. The van der Waals surface area contributed by atoms with E-state index in [1.165, 1.54) is 12.1 Å². The molecule has 1 N–H and O–H groups in total. The molecular formula is C14H11FN2S2. The van der Waals surface area contributed by atoms with Gasteiger partial charge in [-0.2, -0.15) is 11.3 Å². The number of nitrogens with zero attached hydrogens (tertiary/aromatic N) is 1. The van der Waals surface area contributed by atoms with Gasteiger partial charge in [-0.15, -0.1) is 11.3 Å². The molecule has 0 unspecified atom stereocenters. The number of rotatable bonds is 4. The van der Waals surface area contributed by atoms with Crippen molar-refractivity contribution in [2.75, 3.05) is 5.32 Å². The van der Waals surface area contributed by atoms with Crippen molar-refractivity contribution in [3.05, 3.63) is 58.0 Å². The van der Waals surface area contributed by atoms with Crippen molar-refractivity contribution in [2.24, 2.45) is 0 Å². The number of hydrogen-bond acceptors (Lipinski definition) is 4. The summed E-state index contributed by atoms with van der Waals surface area (Å²) in [6.07, 6.45) is 0. The standard InChI is InChI=1S/C14H11FN2S2/c15-11-2-1-3-12(6-11)16-7-13-9-19-14(17-13)10-4-5-18-8-10/h1-6,8-9,16H,7H2. The highest BCUT2D eigenvalue weighted by molar-refractivity contribution is 7.14. The molecule has 2 aromatic heterocycles. The zero-order chi connectivity index (χ0) is 13.1. The molecule has 0 saturated heterocycles. The first kappa shape index (κ1) is 12.3. The molecule has 0 spiro atoms. The third kappa shape index (κ3) is 3.00. The van der Waals surface area contributed by atoms with Gasteiger partial charge in [0.2, 0.25) is 0 Å². The molecule has 19 heavy (non-hydrogen) atoms.